The summed E-state index contributed by atoms with van der Waals surface area (Å²) in [6, 6.07) is -6.94. The summed E-state index contributed by atoms with van der Waals surface area (Å²) in [5, 5.41) is 9.72. The van der Waals surface area contributed by atoms with Gasteiger partial charge in [-0.25, -0.2) is 19.0 Å². The first kappa shape index (κ1) is 14.9. The van der Waals surface area contributed by atoms with Gasteiger partial charge < -0.3 is 24.0 Å². The average Bonchev–Trinajstić information content (AvgIpc) is 3.48. The molecule has 2 atom stereocenters. The Morgan fingerprint density at radius 1 is 1.33 bits per heavy atom. The number of pyridine rings is 1. The van der Waals surface area contributed by atoms with Crippen LogP contribution < -0.4 is 0 Å². The van der Waals surface area contributed by atoms with Gasteiger partial charge in [-0.15, -0.1) is 0 Å². The first-order valence-corrected chi connectivity index (χ1v) is 13.8. The average molecular weight is 675 g/mol. The number of amides is 2. The number of hydrogen-bond acceptors (Lipinski definition) is 5. The van der Waals surface area contributed by atoms with Crippen LogP contribution >= 0.6 is 15.9 Å². The number of rotatable bonds is 5. The van der Waals surface area contributed by atoms with Crippen molar-refractivity contribution in [1.29, 1.82) is 0 Å². The summed E-state index contributed by atoms with van der Waals surface area (Å²) in [4.78, 5) is 40.9. The van der Waals surface area contributed by atoms with Gasteiger partial charge in [0.1, 0.15) is 11.4 Å². The van der Waals surface area contributed by atoms with Gasteiger partial charge in [0.05, 0.1) is 23.4 Å². The molecule has 4 rings (SSSR count). The third-order valence-electron chi connectivity index (χ3n) is 6.53. The Bertz CT molecular complexity index is 2130. The lowest BCUT2D eigenvalue weighted by Gasteiger charge is -2.53. The molecule has 2 saturated heterocycles. The van der Waals surface area contributed by atoms with E-state index >= 15 is 0 Å². The van der Waals surface area contributed by atoms with E-state index in [1.165, 1.54) is 4.90 Å². The SMILES string of the molecule is CC(C)(C)[C@@]1(CC(=O)CBr)CCCCN1C(=O)O.[2H]c1c([2H])c([2H])n2c([2H])c(C([2H])([2H])C3([2H])N(C(=O)OC(C)(C([2H])([2H])[2H])C([2H])([2H])[2H])C([2H])([2H])C([2H])([2H])C([2H])([2H])C3([2H])[2H])nc2c1F. The van der Waals surface area contributed by atoms with Crippen molar-refractivity contribution in [3.63, 3.8) is 0 Å². The van der Waals surface area contributed by atoms with Crippen LogP contribution in [-0.2, 0) is 15.9 Å². The molecule has 2 aliphatic rings. The fourth-order valence-electron chi connectivity index (χ4n) is 4.58. The van der Waals surface area contributed by atoms with E-state index in [0.29, 0.717) is 19.9 Å². The zero-order valence-corrected chi connectivity index (χ0v) is 25.0. The van der Waals surface area contributed by atoms with Crippen LogP contribution in [0.4, 0.5) is 14.0 Å². The van der Waals surface area contributed by atoms with Crippen LogP contribution in [-0.4, -0.2) is 77.8 Å². The number of ether oxygens (including phenoxy) is 1. The Kier molecular flexibility index (Phi) is 4.86. The highest BCUT2D eigenvalue weighted by Gasteiger charge is 2.50. The fourth-order valence-corrected chi connectivity index (χ4v) is 4.78. The van der Waals surface area contributed by atoms with Crippen molar-refractivity contribution < 1.29 is 57.4 Å². The van der Waals surface area contributed by atoms with Crippen molar-refractivity contribution >= 4 is 39.5 Å². The number of carbonyl (C=O) groups excluding carboxylic acids is 2. The van der Waals surface area contributed by atoms with Gasteiger partial charge in [0.25, 0.3) is 0 Å². The van der Waals surface area contributed by atoms with Crippen molar-refractivity contribution in [3.05, 3.63) is 35.9 Å². The van der Waals surface area contributed by atoms with Crippen LogP contribution in [0.15, 0.2) is 24.4 Å². The summed E-state index contributed by atoms with van der Waals surface area (Å²) in [5.41, 5.74) is -7.21. The minimum absolute atomic E-state index is 0.0677. The Balaban J connectivity index is 0.000000489. The van der Waals surface area contributed by atoms with Gasteiger partial charge in [0.15, 0.2) is 11.5 Å². The molecule has 0 bridgehead atoms. The lowest BCUT2D eigenvalue weighted by Crippen LogP contribution is -2.62. The second-order valence-corrected chi connectivity index (χ2v) is 11.2. The predicted octanol–water partition coefficient (Wildman–Crippen LogP) is 7.09. The molecule has 42 heavy (non-hydrogen) atoms. The molecule has 2 aromatic rings. The van der Waals surface area contributed by atoms with Gasteiger partial charge in [-0.2, -0.15) is 0 Å². The number of nitrogens with zero attached hydrogens (tertiary/aromatic N) is 4. The van der Waals surface area contributed by atoms with Gasteiger partial charge in [-0.3, -0.25) is 4.79 Å². The molecule has 0 radical (unpaired) electrons. The molecular weight excluding hydrogens is 607 g/mol. The number of fused-ring (bicyclic) bond motifs is 1. The summed E-state index contributed by atoms with van der Waals surface area (Å²) < 4.78 is 190. The molecule has 1 unspecified atom stereocenters. The maximum atomic E-state index is 14.9. The molecule has 2 amide bonds. The highest BCUT2D eigenvalue weighted by molar-refractivity contribution is 9.09. The van der Waals surface area contributed by atoms with Crippen LogP contribution in [0.2, 0.25) is 0 Å². The van der Waals surface area contributed by atoms with Crippen molar-refractivity contribution in [2.45, 2.75) is 110 Å². The van der Waals surface area contributed by atoms with Gasteiger partial charge >= 0.3 is 12.2 Å². The van der Waals surface area contributed by atoms with Gasteiger partial charge in [-0.05, 0) is 76.5 Å². The Labute approximate surface area is 286 Å². The standard InChI is InChI=1S/C18H24FN3O2.C13H22BrNO3/c1-18(2,3)24-17(23)22-10-5-4-7-14(22)11-13-12-21-9-6-8-15(19)16(21)20-13;1-12(2,3)13(8-10(16)9-14)6-4-5-7-15(13)11(17)18/h6,8-9,12,14H,4-5,7,10-11H2,1-3H3;4-9H2,1-3H3,(H,17,18)/t;13-/m.0/s1/i1D3,2D3,4D2,5D2,6D,7D2,8D,9D,10D2,11D2,12D,14D;. The first-order valence-electron chi connectivity index (χ1n) is 23.2. The van der Waals surface area contributed by atoms with E-state index < -0.39 is 122 Å². The number of ketones is 1. The largest absolute Gasteiger partial charge is 0.465 e. The van der Waals surface area contributed by atoms with Crippen LogP contribution in [0.25, 0.3) is 5.65 Å². The molecule has 4 heterocycles. The van der Waals surface area contributed by atoms with Gasteiger partial charge in [0.2, 0.25) is 0 Å². The van der Waals surface area contributed by atoms with Crippen LogP contribution in [0.5, 0.6) is 0 Å². The predicted molar refractivity (Wildman–Crippen MR) is 164 cm³/mol. The first-order chi connectivity index (χ1) is 27.9. The third-order valence-corrected chi connectivity index (χ3v) is 7.16. The number of carboxylic acid groups (broad SMARTS) is 1. The molecular formula is C31H46BrFN4O5. The van der Waals surface area contributed by atoms with Crippen molar-refractivity contribution in [2.75, 3.05) is 18.4 Å². The molecule has 2 fully saturated rings. The second-order valence-electron chi connectivity index (χ2n) is 10.6. The van der Waals surface area contributed by atoms with Crippen LogP contribution in [0.1, 0.15) is 121 Å². The molecule has 1 N–H and O–H groups in total. The fraction of sp³-hybridized carbons (Fsp3) is 0.677. The Morgan fingerprint density at radius 3 is 2.71 bits per heavy atom. The normalized spacial score (nSPS) is 36.3. The number of halogens is 2. The molecule has 2 aromatic heterocycles. The van der Waals surface area contributed by atoms with Crippen LogP contribution in [0.3, 0.4) is 0 Å². The summed E-state index contributed by atoms with van der Waals surface area (Å²) in [6.07, 6.45) is -20.4. The smallest absolute Gasteiger partial charge is 0.410 e. The lowest BCUT2D eigenvalue weighted by molar-refractivity contribution is -0.123. The van der Waals surface area contributed by atoms with E-state index in [4.69, 9.17) is 28.8 Å². The van der Waals surface area contributed by atoms with E-state index in [0.717, 1.165) is 19.3 Å². The van der Waals surface area contributed by atoms with E-state index in [2.05, 4.69) is 25.7 Å². The quantitative estimate of drug-likeness (QED) is 0.340. The van der Waals surface area contributed by atoms with E-state index in [1.807, 2.05) is 20.8 Å². The molecule has 234 valence electrons. The molecule has 0 spiro atoms. The minimum Gasteiger partial charge on any atom is -0.465 e. The monoisotopic (exact) mass is 673 g/mol. The summed E-state index contributed by atoms with van der Waals surface area (Å²) in [6.45, 7) is -5.00. The summed E-state index contributed by atoms with van der Waals surface area (Å²) in [5.74, 6) is -1.64. The highest BCUT2D eigenvalue weighted by Crippen LogP contribution is 2.45. The molecule has 2 aliphatic heterocycles. The van der Waals surface area contributed by atoms with Gasteiger partial charge in [-0.1, -0.05) is 36.7 Å². The Hall–Kier alpha value is -2.69. The van der Waals surface area contributed by atoms with Crippen molar-refractivity contribution in [1.82, 2.24) is 19.2 Å². The maximum Gasteiger partial charge on any atom is 0.410 e. The zero-order chi connectivity index (χ0) is 49.7. The topological polar surface area (TPSA) is 104 Å². The van der Waals surface area contributed by atoms with Crippen LogP contribution in [0, 0.1) is 11.2 Å². The molecule has 9 nitrogen and oxygen atoms in total. The number of piperidine rings is 2. The summed E-state index contributed by atoms with van der Waals surface area (Å²) >= 11 is 3.17. The molecule has 0 aromatic carbocycles. The number of aromatic nitrogens is 2. The van der Waals surface area contributed by atoms with E-state index in [-0.39, 0.29) is 20.9 Å². The number of hydrogen-bond donors (Lipinski definition) is 1. The van der Waals surface area contributed by atoms with Crippen molar-refractivity contribution in [2.24, 2.45) is 5.41 Å². The zero-order valence-electron chi connectivity index (χ0n) is 44.4. The molecule has 0 saturated carbocycles. The molecule has 11 heteroatoms. The van der Waals surface area contributed by atoms with Gasteiger partial charge in [0, 0.05) is 66.1 Å². The van der Waals surface area contributed by atoms with Crippen molar-refractivity contribution in [3.8, 4) is 0 Å². The van der Waals surface area contributed by atoms with E-state index in [9.17, 15) is 23.9 Å². The van der Waals surface area contributed by atoms with E-state index in [1.54, 1.807) is 0 Å². The number of Topliss-reactive ketones (excluding diaryl/α,β-unsaturated/α-hetero) is 1. The number of imidazole rings is 1. The highest BCUT2D eigenvalue weighted by atomic mass is 79.9. The summed E-state index contributed by atoms with van der Waals surface area (Å²) in [7, 11) is 0. The Morgan fingerprint density at radius 2 is 2.07 bits per heavy atom. The maximum absolute atomic E-state index is 14.9. The number of likely N-dealkylation sites (tertiary alicyclic amines) is 2. The molecule has 0 aliphatic carbocycles. The lowest BCUT2D eigenvalue weighted by atomic mass is 9.65. The third kappa shape index (κ3) is 8.23. The number of alkyl halides is 1. The second kappa shape index (κ2) is 13.7. The minimum atomic E-state index is -4.56. The number of carbonyl (C=O) groups is 3.